The maximum atomic E-state index is 10.2. The number of hydrogen-bond donors (Lipinski definition) is 1. The van der Waals surface area contributed by atoms with Gasteiger partial charge in [0.2, 0.25) is 0 Å². The van der Waals surface area contributed by atoms with E-state index < -0.39 is 6.10 Å². The molecule has 5 heteroatoms. The van der Waals surface area contributed by atoms with Gasteiger partial charge in [-0.2, -0.15) is 0 Å². The monoisotopic (exact) mass is 294 g/mol. The lowest BCUT2D eigenvalue weighted by atomic mass is 10.1. The van der Waals surface area contributed by atoms with Gasteiger partial charge in [0, 0.05) is 13.0 Å². The van der Waals surface area contributed by atoms with Gasteiger partial charge in [-0.25, -0.2) is 0 Å². The molecule has 21 heavy (non-hydrogen) atoms. The van der Waals surface area contributed by atoms with Gasteiger partial charge in [0.25, 0.3) is 0 Å². The fourth-order valence-corrected chi connectivity index (χ4v) is 2.57. The first-order chi connectivity index (χ1) is 10.3. The van der Waals surface area contributed by atoms with Crippen LogP contribution in [-0.4, -0.2) is 44.2 Å². The molecule has 0 radical (unpaired) electrons. The maximum absolute atomic E-state index is 10.2. The average Bonchev–Trinajstić information content (AvgIpc) is 2.90. The molecular formula is C16H22O5. The molecule has 2 heterocycles. The van der Waals surface area contributed by atoms with E-state index in [1.807, 2.05) is 18.2 Å². The van der Waals surface area contributed by atoms with Crippen molar-refractivity contribution >= 4 is 0 Å². The lowest BCUT2D eigenvalue weighted by Crippen LogP contribution is -2.17. The van der Waals surface area contributed by atoms with Gasteiger partial charge in [-0.05, 0) is 30.5 Å². The molecule has 3 rings (SSSR count). The fraction of sp³-hybridized carbons (Fsp3) is 0.625. The Balaban J connectivity index is 1.54. The minimum atomic E-state index is -0.663. The van der Waals surface area contributed by atoms with Crippen molar-refractivity contribution < 1.29 is 24.1 Å². The fourth-order valence-electron chi connectivity index (χ4n) is 2.57. The number of fused-ring (bicyclic) bond motifs is 1. The molecule has 1 saturated heterocycles. The molecule has 0 aromatic heterocycles. The van der Waals surface area contributed by atoms with Crippen molar-refractivity contribution in [3.05, 3.63) is 23.8 Å². The third kappa shape index (κ3) is 3.87. The van der Waals surface area contributed by atoms with Crippen LogP contribution < -0.4 is 9.47 Å². The van der Waals surface area contributed by atoms with E-state index in [-0.39, 0.29) is 12.7 Å². The number of benzene rings is 1. The zero-order chi connectivity index (χ0) is 14.5. The standard InChI is InChI=1S/C16H22O5/c17-14(11-18-10-13-3-1-6-19-13)12-4-5-15-16(9-12)21-8-2-7-20-15/h4-5,9,13-14,17H,1-3,6-8,10-11H2. The predicted molar refractivity (Wildman–Crippen MR) is 76.8 cm³/mol. The third-order valence-corrected chi connectivity index (χ3v) is 3.76. The smallest absolute Gasteiger partial charge is 0.161 e. The highest BCUT2D eigenvalue weighted by molar-refractivity contribution is 5.44. The highest BCUT2D eigenvalue weighted by Crippen LogP contribution is 2.32. The van der Waals surface area contributed by atoms with E-state index in [4.69, 9.17) is 18.9 Å². The van der Waals surface area contributed by atoms with Crippen LogP contribution in [0.3, 0.4) is 0 Å². The Kier molecular flexibility index (Phi) is 4.95. The first-order valence-corrected chi connectivity index (χ1v) is 7.60. The molecule has 0 amide bonds. The van der Waals surface area contributed by atoms with Crippen LogP contribution in [0.2, 0.25) is 0 Å². The molecule has 2 aliphatic rings. The number of rotatable bonds is 5. The molecule has 0 bridgehead atoms. The van der Waals surface area contributed by atoms with Gasteiger partial charge in [0.1, 0.15) is 6.10 Å². The van der Waals surface area contributed by atoms with Crippen LogP contribution in [0.5, 0.6) is 11.5 Å². The molecule has 0 aliphatic carbocycles. The average molecular weight is 294 g/mol. The largest absolute Gasteiger partial charge is 0.490 e. The Morgan fingerprint density at radius 2 is 2.00 bits per heavy atom. The molecule has 1 fully saturated rings. The summed E-state index contributed by atoms with van der Waals surface area (Å²) in [5.74, 6) is 1.44. The normalized spacial score (nSPS) is 22.8. The van der Waals surface area contributed by atoms with Gasteiger partial charge in [0.05, 0.1) is 32.5 Å². The summed E-state index contributed by atoms with van der Waals surface area (Å²) in [7, 11) is 0. The van der Waals surface area contributed by atoms with Crippen LogP contribution in [0.25, 0.3) is 0 Å². The van der Waals surface area contributed by atoms with Gasteiger partial charge < -0.3 is 24.1 Å². The summed E-state index contributed by atoms with van der Waals surface area (Å²) in [5.41, 5.74) is 0.784. The van der Waals surface area contributed by atoms with Crippen LogP contribution in [0.1, 0.15) is 30.9 Å². The highest BCUT2D eigenvalue weighted by atomic mass is 16.5. The van der Waals surface area contributed by atoms with Crippen LogP contribution >= 0.6 is 0 Å². The Morgan fingerprint density at radius 3 is 2.81 bits per heavy atom. The molecule has 5 nitrogen and oxygen atoms in total. The van der Waals surface area contributed by atoms with Gasteiger partial charge in [-0.3, -0.25) is 0 Å². The van der Waals surface area contributed by atoms with Gasteiger partial charge in [0.15, 0.2) is 11.5 Å². The van der Waals surface area contributed by atoms with E-state index in [1.54, 1.807) is 0 Å². The molecule has 116 valence electrons. The Hall–Kier alpha value is -1.30. The van der Waals surface area contributed by atoms with E-state index in [0.29, 0.717) is 25.6 Å². The van der Waals surface area contributed by atoms with E-state index in [0.717, 1.165) is 37.2 Å². The summed E-state index contributed by atoms with van der Waals surface area (Å²) in [4.78, 5) is 0. The zero-order valence-corrected chi connectivity index (χ0v) is 12.1. The van der Waals surface area contributed by atoms with Gasteiger partial charge >= 0.3 is 0 Å². The Labute approximate surface area is 124 Å². The molecule has 2 aliphatic heterocycles. The highest BCUT2D eigenvalue weighted by Gasteiger charge is 2.18. The Bertz CT molecular complexity index is 456. The lowest BCUT2D eigenvalue weighted by Gasteiger charge is -2.16. The summed E-state index contributed by atoms with van der Waals surface area (Å²) < 4.78 is 22.2. The second-order valence-corrected chi connectivity index (χ2v) is 5.44. The molecule has 1 N–H and O–H groups in total. The first kappa shape index (κ1) is 14.6. The van der Waals surface area contributed by atoms with Crippen LogP contribution in [0.15, 0.2) is 18.2 Å². The van der Waals surface area contributed by atoms with Crippen molar-refractivity contribution in [2.75, 3.05) is 33.0 Å². The molecule has 0 spiro atoms. The molecule has 2 unspecified atom stereocenters. The SMILES string of the molecule is OC(COCC1CCCO1)c1ccc2c(c1)OCCCO2. The maximum Gasteiger partial charge on any atom is 0.161 e. The predicted octanol–water partition coefficient (Wildman–Crippen LogP) is 2.08. The molecule has 0 saturated carbocycles. The van der Waals surface area contributed by atoms with Crippen molar-refractivity contribution in [3.63, 3.8) is 0 Å². The minimum absolute atomic E-state index is 0.181. The zero-order valence-electron chi connectivity index (χ0n) is 12.1. The first-order valence-electron chi connectivity index (χ1n) is 7.60. The summed E-state index contributed by atoms with van der Waals surface area (Å²) in [5, 5.41) is 10.2. The van der Waals surface area contributed by atoms with Crippen LogP contribution in [0, 0.1) is 0 Å². The summed E-state index contributed by atoms with van der Waals surface area (Å²) in [6, 6.07) is 5.54. The summed E-state index contributed by atoms with van der Waals surface area (Å²) in [6.07, 6.45) is 2.53. The lowest BCUT2D eigenvalue weighted by molar-refractivity contribution is -0.0176. The number of aliphatic hydroxyl groups excluding tert-OH is 1. The minimum Gasteiger partial charge on any atom is -0.490 e. The van der Waals surface area contributed by atoms with Crippen molar-refractivity contribution in [1.82, 2.24) is 0 Å². The van der Waals surface area contributed by atoms with Gasteiger partial charge in [-0.15, -0.1) is 0 Å². The van der Waals surface area contributed by atoms with E-state index in [1.165, 1.54) is 0 Å². The number of hydrogen-bond acceptors (Lipinski definition) is 5. The van der Waals surface area contributed by atoms with E-state index >= 15 is 0 Å². The number of ether oxygens (including phenoxy) is 4. The van der Waals surface area contributed by atoms with Gasteiger partial charge in [-0.1, -0.05) is 6.07 Å². The topological polar surface area (TPSA) is 57.2 Å². The molecule has 1 aromatic carbocycles. The Morgan fingerprint density at radius 1 is 1.14 bits per heavy atom. The third-order valence-electron chi connectivity index (χ3n) is 3.76. The summed E-state index contributed by atoms with van der Waals surface area (Å²) >= 11 is 0. The summed E-state index contributed by atoms with van der Waals surface area (Å²) in [6.45, 7) is 2.93. The number of aliphatic hydroxyl groups is 1. The second-order valence-electron chi connectivity index (χ2n) is 5.44. The van der Waals surface area contributed by atoms with Crippen LogP contribution in [0.4, 0.5) is 0 Å². The molecule has 1 aromatic rings. The van der Waals surface area contributed by atoms with E-state index in [9.17, 15) is 5.11 Å². The van der Waals surface area contributed by atoms with Crippen molar-refractivity contribution in [3.8, 4) is 11.5 Å². The van der Waals surface area contributed by atoms with E-state index in [2.05, 4.69) is 0 Å². The quantitative estimate of drug-likeness (QED) is 0.901. The second kappa shape index (κ2) is 7.11. The molecule has 2 atom stereocenters. The van der Waals surface area contributed by atoms with Crippen molar-refractivity contribution in [2.24, 2.45) is 0 Å². The molecular weight excluding hydrogens is 272 g/mol. The van der Waals surface area contributed by atoms with Crippen LogP contribution in [-0.2, 0) is 9.47 Å². The van der Waals surface area contributed by atoms with Crippen molar-refractivity contribution in [2.45, 2.75) is 31.5 Å². The van der Waals surface area contributed by atoms with Crippen molar-refractivity contribution in [1.29, 1.82) is 0 Å².